The van der Waals surface area contributed by atoms with E-state index in [1.54, 1.807) is 6.07 Å². The lowest BCUT2D eigenvalue weighted by molar-refractivity contribution is 0.302. The van der Waals surface area contributed by atoms with Crippen LogP contribution < -0.4 is 10.1 Å². The zero-order valence-electron chi connectivity index (χ0n) is 10.9. The summed E-state index contributed by atoms with van der Waals surface area (Å²) in [6, 6.07) is 10.8. The second-order valence-corrected chi connectivity index (χ2v) is 5.94. The van der Waals surface area contributed by atoms with Gasteiger partial charge in [0.1, 0.15) is 18.2 Å². The van der Waals surface area contributed by atoms with Crippen molar-refractivity contribution in [3.63, 3.8) is 0 Å². The van der Waals surface area contributed by atoms with Crippen molar-refractivity contribution in [3.8, 4) is 5.75 Å². The first-order chi connectivity index (χ1) is 9.61. The first kappa shape index (κ1) is 15.5. The van der Waals surface area contributed by atoms with Crippen molar-refractivity contribution in [3.05, 3.63) is 62.3 Å². The fourth-order valence-corrected chi connectivity index (χ4v) is 2.71. The fraction of sp³-hybridized carbons (Fsp3) is 0.200. The quantitative estimate of drug-likeness (QED) is 0.785. The van der Waals surface area contributed by atoms with Crippen LogP contribution in [0.4, 0.5) is 4.39 Å². The van der Waals surface area contributed by atoms with Crippen LogP contribution in [0.2, 0.25) is 0 Å². The molecular weight excluding hydrogens is 389 g/mol. The van der Waals surface area contributed by atoms with Gasteiger partial charge < -0.3 is 10.1 Å². The summed E-state index contributed by atoms with van der Waals surface area (Å²) in [6.45, 7) is 1.11. The van der Waals surface area contributed by atoms with E-state index >= 15 is 0 Å². The summed E-state index contributed by atoms with van der Waals surface area (Å²) in [5.41, 5.74) is 1.94. The van der Waals surface area contributed by atoms with Crippen LogP contribution in [0.15, 0.2) is 45.3 Å². The van der Waals surface area contributed by atoms with Gasteiger partial charge in [0.05, 0.1) is 8.95 Å². The average molecular weight is 403 g/mol. The van der Waals surface area contributed by atoms with Crippen molar-refractivity contribution in [2.75, 3.05) is 7.05 Å². The van der Waals surface area contributed by atoms with E-state index in [0.29, 0.717) is 11.1 Å². The fourth-order valence-electron chi connectivity index (χ4n) is 1.79. The average Bonchev–Trinajstić information content (AvgIpc) is 2.42. The number of hydrogen-bond donors (Lipinski definition) is 1. The van der Waals surface area contributed by atoms with Gasteiger partial charge in [0.15, 0.2) is 0 Å². The van der Waals surface area contributed by atoms with E-state index in [2.05, 4.69) is 37.2 Å². The maximum absolute atomic E-state index is 13.4. The molecule has 5 heteroatoms. The van der Waals surface area contributed by atoms with Gasteiger partial charge in [-0.05, 0) is 62.7 Å². The molecule has 0 aliphatic heterocycles. The Morgan fingerprint density at radius 1 is 1.20 bits per heavy atom. The molecule has 0 aliphatic carbocycles. The first-order valence-corrected chi connectivity index (χ1v) is 7.69. The maximum Gasteiger partial charge on any atom is 0.137 e. The van der Waals surface area contributed by atoms with Gasteiger partial charge in [-0.25, -0.2) is 4.39 Å². The molecule has 1 N–H and O–H groups in total. The monoisotopic (exact) mass is 401 g/mol. The Hall–Kier alpha value is -0.910. The third kappa shape index (κ3) is 3.81. The minimum Gasteiger partial charge on any atom is -0.488 e. The molecule has 0 amide bonds. The summed E-state index contributed by atoms with van der Waals surface area (Å²) in [5.74, 6) is 0.454. The molecule has 0 saturated carbocycles. The molecule has 0 atom stereocenters. The Morgan fingerprint density at radius 3 is 2.70 bits per heavy atom. The third-order valence-electron chi connectivity index (χ3n) is 2.79. The molecule has 2 aromatic carbocycles. The Balaban J connectivity index is 2.09. The SMILES string of the molecule is CNCc1ccc(OCc2cccc(F)c2Br)c(Br)c1. The highest BCUT2D eigenvalue weighted by molar-refractivity contribution is 9.10. The van der Waals surface area contributed by atoms with Crippen molar-refractivity contribution in [1.29, 1.82) is 0 Å². The molecule has 0 aromatic heterocycles. The number of rotatable bonds is 5. The van der Waals surface area contributed by atoms with Crippen molar-refractivity contribution >= 4 is 31.9 Å². The van der Waals surface area contributed by atoms with Gasteiger partial charge in [-0.1, -0.05) is 18.2 Å². The second-order valence-electron chi connectivity index (χ2n) is 4.30. The van der Waals surface area contributed by atoms with Crippen molar-refractivity contribution in [1.82, 2.24) is 5.32 Å². The highest BCUT2D eigenvalue weighted by atomic mass is 79.9. The molecule has 0 aliphatic rings. The van der Waals surface area contributed by atoms with E-state index in [1.807, 2.05) is 31.3 Å². The van der Waals surface area contributed by atoms with E-state index in [-0.39, 0.29) is 5.82 Å². The van der Waals surface area contributed by atoms with Crippen LogP contribution in [0.3, 0.4) is 0 Å². The molecule has 0 saturated heterocycles. The van der Waals surface area contributed by atoms with Gasteiger partial charge in [0, 0.05) is 12.1 Å². The molecule has 2 rings (SSSR count). The minimum atomic E-state index is -0.283. The van der Waals surface area contributed by atoms with Crippen molar-refractivity contribution < 1.29 is 9.13 Å². The molecule has 106 valence electrons. The Bertz CT molecular complexity index is 604. The molecule has 0 radical (unpaired) electrons. The lowest BCUT2D eigenvalue weighted by Gasteiger charge is -2.11. The van der Waals surface area contributed by atoms with Crippen LogP contribution in [0.5, 0.6) is 5.75 Å². The lowest BCUT2D eigenvalue weighted by Crippen LogP contribution is -2.05. The third-order valence-corrected chi connectivity index (χ3v) is 4.30. The van der Waals surface area contributed by atoms with Crippen molar-refractivity contribution in [2.45, 2.75) is 13.2 Å². The normalized spacial score (nSPS) is 10.6. The summed E-state index contributed by atoms with van der Waals surface area (Å²) < 4.78 is 20.5. The number of benzene rings is 2. The van der Waals surface area contributed by atoms with E-state index in [0.717, 1.165) is 22.3 Å². The van der Waals surface area contributed by atoms with Gasteiger partial charge in [0.2, 0.25) is 0 Å². The van der Waals surface area contributed by atoms with Gasteiger partial charge in [-0.2, -0.15) is 0 Å². The molecule has 20 heavy (non-hydrogen) atoms. The van der Waals surface area contributed by atoms with E-state index in [4.69, 9.17) is 4.74 Å². The predicted molar refractivity (Wildman–Crippen MR) is 85.3 cm³/mol. The Labute approximate surface area is 134 Å². The van der Waals surface area contributed by atoms with Gasteiger partial charge in [-0.3, -0.25) is 0 Å². The molecule has 0 heterocycles. The molecule has 0 spiro atoms. The molecule has 2 nitrogen and oxygen atoms in total. The van der Waals surface area contributed by atoms with Crippen LogP contribution in [0.1, 0.15) is 11.1 Å². The van der Waals surface area contributed by atoms with Gasteiger partial charge >= 0.3 is 0 Å². The summed E-state index contributed by atoms with van der Waals surface area (Å²) in [6.07, 6.45) is 0. The van der Waals surface area contributed by atoms with Crippen LogP contribution in [-0.2, 0) is 13.2 Å². The first-order valence-electron chi connectivity index (χ1n) is 6.10. The zero-order valence-corrected chi connectivity index (χ0v) is 14.1. The van der Waals surface area contributed by atoms with Crippen LogP contribution in [-0.4, -0.2) is 7.05 Å². The van der Waals surface area contributed by atoms with E-state index < -0.39 is 0 Å². The Kier molecular flexibility index (Phi) is 5.57. The number of halogens is 3. The summed E-state index contributed by atoms with van der Waals surface area (Å²) in [4.78, 5) is 0. The number of hydrogen-bond acceptors (Lipinski definition) is 2. The summed E-state index contributed by atoms with van der Waals surface area (Å²) in [5, 5.41) is 3.09. The van der Waals surface area contributed by atoms with Crippen LogP contribution in [0, 0.1) is 5.82 Å². The maximum atomic E-state index is 13.4. The standard InChI is InChI=1S/C15H14Br2FNO/c1-19-8-10-5-6-14(12(16)7-10)20-9-11-3-2-4-13(18)15(11)17/h2-7,19H,8-9H2,1H3. The highest BCUT2D eigenvalue weighted by Gasteiger charge is 2.07. The van der Waals surface area contributed by atoms with E-state index in [1.165, 1.54) is 11.6 Å². The largest absolute Gasteiger partial charge is 0.488 e. The molecule has 0 unspecified atom stereocenters. The second kappa shape index (κ2) is 7.20. The smallest absolute Gasteiger partial charge is 0.137 e. The predicted octanol–water partition coefficient (Wildman–Crippen LogP) is 4.65. The zero-order chi connectivity index (χ0) is 14.5. The molecule has 2 aromatic rings. The van der Waals surface area contributed by atoms with Crippen LogP contribution >= 0.6 is 31.9 Å². The number of nitrogens with one attached hydrogen (secondary N) is 1. The number of ether oxygens (including phenoxy) is 1. The van der Waals surface area contributed by atoms with Gasteiger partial charge in [0.25, 0.3) is 0 Å². The van der Waals surface area contributed by atoms with Gasteiger partial charge in [-0.15, -0.1) is 0 Å². The molecule has 0 bridgehead atoms. The minimum absolute atomic E-state index is 0.283. The van der Waals surface area contributed by atoms with Crippen molar-refractivity contribution in [2.24, 2.45) is 0 Å². The lowest BCUT2D eigenvalue weighted by atomic mass is 10.2. The molecule has 0 fully saturated rings. The van der Waals surface area contributed by atoms with Crippen LogP contribution in [0.25, 0.3) is 0 Å². The topological polar surface area (TPSA) is 21.3 Å². The summed E-state index contributed by atoms with van der Waals surface area (Å²) >= 11 is 6.71. The highest BCUT2D eigenvalue weighted by Crippen LogP contribution is 2.28. The molecular formula is C15H14Br2FNO. The van der Waals surface area contributed by atoms with E-state index in [9.17, 15) is 4.39 Å². The Morgan fingerprint density at radius 2 is 2.00 bits per heavy atom. The summed E-state index contributed by atoms with van der Waals surface area (Å²) in [7, 11) is 1.90.